The standard InChI is InChI=1S/C21H25N3O2S/c1-4-25-19-11-8-17(14-20(19)26-5-2)15(3)23-21(27)24-18-9-6-16(7-10-18)12-13-22/h6-11,14-15H,4-5,12H2,1-3H3,(H2,23,24,27)/t15-/m1/s1. The van der Waals surface area contributed by atoms with Crippen LogP contribution in [0.1, 0.15) is 37.9 Å². The maximum absolute atomic E-state index is 8.73. The van der Waals surface area contributed by atoms with E-state index in [9.17, 15) is 0 Å². The van der Waals surface area contributed by atoms with E-state index in [-0.39, 0.29) is 6.04 Å². The number of rotatable bonds is 8. The lowest BCUT2D eigenvalue weighted by molar-refractivity contribution is 0.287. The molecule has 0 saturated heterocycles. The van der Waals surface area contributed by atoms with Gasteiger partial charge in [0.25, 0.3) is 0 Å². The van der Waals surface area contributed by atoms with Gasteiger partial charge in [-0.2, -0.15) is 5.26 Å². The van der Waals surface area contributed by atoms with Crippen molar-refractivity contribution in [1.82, 2.24) is 5.32 Å². The molecule has 0 amide bonds. The summed E-state index contributed by atoms with van der Waals surface area (Å²) < 4.78 is 11.3. The van der Waals surface area contributed by atoms with Crippen molar-refractivity contribution >= 4 is 23.0 Å². The molecule has 2 aromatic carbocycles. The number of ether oxygens (including phenoxy) is 2. The first-order valence-electron chi connectivity index (χ1n) is 9.00. The van der Waals surface area contributed by atoms with E-state index in [2.05, 4.69) is 16.7 Å². The van der Waals surface area contributed by atoms with Crippen LogP contribution in [0.25, 0.3) is 0 Å². The van der Waals surface area contributed by atoms with Crippen LogP contribution in [0.4, 0.5) is 5.69 Å². The van der Waals surface area contributed by atoms with Gasteiger partial charge in [-0.25, -0.2) is 0 Å². The predicted octanol–water partition coefficient (Wildman–Crippen LogP) is 4.60. The zero-order chi connectivity index (χ0) is 19.6. The highest BCUT2D eigenvalue weighted by molar-refractivity contribution is 7.80. The fourth-order valence-corrected chi connectivity index (χ4v) is 2.88. The van der Waals surface area contributed by atoms with Crippen LogP contribution in [0, 0.1) is 11.3 Å². The highest BCUT2D eigenvalue weighted by atomic mass is 32.1. The molecule has 5 nitrogen and oxygen atoms in total. The average molecular weight is 384 g/mol. The fraction of sp³-hybridized carbons (Fsp3) is 0.333. The summed E-state index contributed by atoms with van der Waals surface area (Å²) in [5.41, 5.74) is 2.91. The van der Waals surface area contributed by atoms with E-state index in [0.717, 1.165) is 28.3 Å². The molecule has 1 atom stereocenters. The molecule has 0 saturated carbocycles. The number of anilines is 1. The van der Waals surface area contributed by atoms with E-state index >= 15 is 0 Å². The van der Waals surface area contributed by atoms with Crippen molar-refractivity contribution in [2.24, 2.45) is 0 Å². The molecule has 2 rings (SSSR count). The highest BCUT2D eigenvalue weighted by Gasteiger charge is 2.12. The van der Waals surface area contributed by atoms with Gasteiger partial charge >= 0.3 is 0 Å². The third kappa shape index (κ3) is 6.15. The van der Waals surface area contributed by atoms with Crippen LogP contribution in [-0.4, -0.2) is 18.3 Å². The first-order valence-corrected chi connectivity index (χ1v) is 9.41. The van der Waals surface area contributed by atoms with E-state index in [1.165, 1.54) is 0 Å². The number of benzene rings is 2. The van der Waals surface area contributed by atoms with Gasteiger partial charge in [0.15, 0.2) is 16.6 Å². The summed E-state index contributed by atoms with van der Waals surface area (Å²) in [4.78, 5) is 0. The Balaban J connectivity index is 2.00. The topological polar surface area (TPSA) is 66.3 Å². The molecule has 0 aliphatic rings. The van der Waals surface area contributed by atoms with Crippen LogP contribution in [0.15, 0.2) is 42.5 Å². The first kappa shape index (κ1) is 20.5. The number of nitriles is 1. The molecule has 0 aliphatic heterocycles. The van der Waals surface area contributed by atoms with Gasteiger partial charge in [-0.15, -0.1) is 0 Å². The van der Waals surface area contributed by atoms with Crippen molar-refractivity contribution in [3.05, 3.63) is 53.6 Å². The second-order valence-corrected chi connectivity index (χ2v) is 6.33. The Hall–Kier alpha value is -2.78. The predicted molar refractivity (Wildman–Crippen MR) is 112 cm³/mol. The van der Waals surface area contributed by atoms with Crippen molar-refractivity contribution in [2.45, 2.75) is 33.2 Å². The molecule has 2 N–H and O–H groups in total. The van der Waals surface area contributed by atoms with Crippen LogP contribution in [0.2, 0.25) is 0 Å². The van der Waals surface area contributed by atoms with Crippen LogP contribution in [-0.2, 0) is 6.42 Å². The van der Waals surface area contributed by atoms with Crippen molar-refractivity contribution in [2.75, 3.05) is 18.5 Å². The zero-order valence-electron chi connectivity index (χ0n) is 15.9. The Kier molecular flexibility index (Phi) is 7.90. The monoisotopic (exact) mass is 383 g/mol. The second-order valence-electron chi connectivity index (χ2n) is 5.92. The van der Waals surface area contributed by atoms with Gasteiger partial charge in [-0.1, -0.05) is 18.2 Å². The summed E-state index contributed by atoms with van der Waals surface area (Å²) in [6, 6.07) is 15.7. The molecule has 6 heteroatoms. The summed E-state index contributed by atoms with van der Waals surface area (Å²) >= 11 is 5.42. The molecule has 0 spiro atoms. The van der Waals surface area contributed by atoms with Gasteiger partial charge in [0.2, 0.25) is 0 Å². The van der Waals surface area contributed by atoms with E-state index < -0.39 is 0 Å². The van der Waals surface area contributed by atoms with Gasteiger partial charge in [0.1, 0.15) is 0 Å². The lowest BCUT2D eigenvalue weighted by Gasteiger charge is -2.19. The van der Waals surface area contributed by atoms with E-state index in [0.29, 0.717) is 24.7 Å². The number of hydrogen-bond acceptors (Lipinski definition) is 4. The molecule has 0 heterocycles. The lowest BCUT2D eigenvalue weighted by atomic mass is 10.1. The Morgan fingerprint density at radius 1 is 1.07 bits per heavy atom. The van der Waals surface area contributed by atoms with Gasteiger partial charge in [0, 0.05) is 5.69 Å². The molecular weight excluding hydrogens is 358 g/mol. The normalized spacial score (nSPS) is 11.2. The molecule has 0 aromatic heterocycles. The van der Waals surface area contributed by atoms with Gasteiger partial charge in [0.05, 0.1) is 31.7 Å². The van der Waals surface area contributed by atoms with Gasteiger partial charge in [-0.3, -0.25) is 0 Å². The van der Waals surface area contributed by atoms with Crippen molar-refractivity contribution in [1.29, 1.82) is 5.26 Å². The summed E-state index contributed by atoms with van der Waals surface area (Å²) in [6.45, 7) is 7.10. The minimum absolute atomic E-state index is 0.00209. The minimum Gasteiger partial charge on any atom is -0.490 e. The fourth-order valence-electron chi connectivity index (χ4n) is 2.58. The molecule has 0 fully saturated rings. The zero-order valence-corrected chi connectivity index (χ0v) is 16.7. The smallest absolute Gasteiger partial charge is 0.171 e. The third-order valence-electron chi connectivity index (χ3n) is 3.91. The van der Waals surface area contributed by atoms with Crippen molar-refractivity contribution in [3.8, 4) is 17.6 Å². The Morgan fingerprint density at radius 2 is 1.74 bits per heavy atom. The number of nitrogens with zero attached hydrogens (tertiary/aromatic N) is 1. The van der Waals surface area contributed by atoms with Gasteiger partial charge in [-0.05, 0) is 68.4 Å². The first-order chi connectivity index (χ1) is 13.1. The van der Waals surface area contributed by atoms with Crippen LogP contribution in [0.5, 0.6) is 11.5 Å². The quantitative estimate of drug-likeness (QED) is 0.650. The lowest BCUT2D eigenvalue weighted by Crippen LogP contribution is -2.30. The highest BCUT2D eigenvalue weighted by Crippen LogP contribution is 2.30. The largest absolute Gasteiger partial charge is 0.490 e. The summed E-state index contributed by atoms with van der Waals surface area (Å²) in [7, 11) is 0. The molecule has 0 aliphatic carbocycles. The van der Waals surface area contributed by atoms with Crippen LogP contribution in [0.3, 0.4) is 0 Å². The van der Waals surface area contributed by atoms with Gasteiger partial charge < -0.3 is 20.1 Å². The van der Waals surface area contributed by atoms with Crippen molar-refractivity contribution in [3.63, 3.8) is 0 Å². The number of nitrogens with one attached hydrogen (secondary N) is 2. The summed E-state index contributed by atoms with van der Waals surface area (Å²) in [6.07, 6.45) is 0.403. The number of thiocarbonyl (C=S) groups is 1. The maximum Gasteiger partial charge on any atom is 0.171 e. The molecular formula is C21H25N3O2S. The van der Waals surface area contributed by atoms with Crippen molar-refractivity contribution < 1.29 is 9.47 Å². The third-order valence-corrected chi connectivity index (χ3v) is 4.13. The van der Waals surface area contributed by atoms with E-state index in [4.69, 9.17) is 27.0 Å². The van der Waals surface area contributed by atoms with Crippen LogP contribution < -0.4 is 20.1 Å². The Bertz CT molecular complexity index is 800. The van der Waals surface area contributed by atoms with Crippen LogP contribution >= 0.6 is 12.2 Å². The maximum atomic E-state index is 8.73. The summed E-state index contributed by atoms with van der Waals surface area (Å²) in [5, 5.41) is 15.7. The van der Waals surface area contributed by atoms with E-state index in [1.807, 2.05) is 63.2 Å². The Morgan fingerprint density at radius 3 is 2.37 bits per heavy atom. The summed E-state index contributed by atoms with van der Waals surface area (Å²) in [5.74, 6) is 1.48. The molecule has 0 radical (unpaired) electrons. The molecule has 2 aromatic rings. The molecule has 0 unspecified atom stereocenters. The molecule has 0 bridgehead atoms. The van der Waals surface area contributed by atoms with E-state index in [1.54, 1.807) is 0 Å². The second kappa shape index (κ2) is 10.4. The molecule has 27 heavy (non-hydrogen) atoms. The Labute approximate surface area is 166 Å². The number of hydrogen-bond donors (Lipinski definition) is 2. The average Bonchev–Trinajstić information content (AvgIpc) is 2.65. The minimum atomic E-state index is -0.00209. The molecule has 142 valence electrons. The SMILES string of the molecule is CCOc1ccc([C@@H](C)NC(=S)Nc2ccc(CC#N)cc2)cc1OCC.